The number of amides is 1. The van der Waals surface area contributed by atoms with Crippen LogP contribution in [0.2, 0.25) is 0 Å². The quantitative estimate of drug-likeness (QED) is 0.365. The van der Waals surface area contributed by atoms with Crippen LogP contribution in [-0.4, -0.2) is 48.6 Å². The van der Waals surface area contributed by atoms with Gasteiger partial charge in [-0.1, -0.05) is 42.5 Å². The Hall–Kier alpha value is -2.62. The highest BCUT2D eigenvalue weighted by Gasteiger charge is 2.23. The van der Waals surface area contributed by atoms with Gasteiger partial charge in [-0.25, -0.2) is 13.4 Å². The molecule has 0 aliphatic rings. The molecule has 0 aliphatic heterocycles. The van der Waals surface area contributed by atoms with Crippen LogP contribution in [0.4, 0.5) is 0 Å². The average Bonchev–Trinajstić information content (AvgIpc) is 3.15. The Morgan fingerprint density at radius 1 is 1.07 bits per heavy atom. The van der Waals surface area contributed by atoms with Crippen LogP contribution in [0.5, 0.6) is 0 Å². The summed E-state index contributed by atoms with van der Waals surface area (Å²) < 4.78 is 25.3. The highest BCUT2D eigenvalue weighted by atomic mass is 32.2. The SMILES string of the molecule is O=C(CCCNC(=O)[C@@H](O)CS(=O)(=O)Cc1ccccc1)c1nc2ccccc2s1. The number of benzene rings is 2. The molecule has 0 saturated heterocycles. The third kappa shape index (κ3) is 6.19. The number of aromatic nitrogens is 1. The van der Waals surface area contributed by atoms with Gasteiger partial charge in [-0.05, 0) is 24.1 Å². The molecule has 2 N–H and O–H groups in total. The predicted octanol–water partition coefficient (Wildman–Crippen LogP) is 2.35. The minimum absolute atomic E-state index is 0.114. The Bertz CT molecular complexity index is 1090. The molecule has 3 aromatic rings. The molecule has 0 fully saturated rings. The standard InChI is InChI=1S/C21H22N2O5S2/c24-17(21-23-16-9-4-5-11-19(16)29-21)10-6-12-22-20(26)18(25)14-30(27,28)13-15-7-2-1-3-8-15/h1-5,7-9,11,18,25H,6,10,12-14H2,(H,22,26)/t18-/m0/s1. The zero-order valence-electron chi connectivity index (χ0n) is 16.2. The van der Waals surface area contributed by atoms with E-state index in [9.17, 15) is 23.1 Å². The molecule has 2 aromatic carbocycles. The van der Waals surface area contributed by atoms with E-state index in [1.54, 1.807) is 30.3 Å². The number of sulfone groups is 1. The van der Waals surface area contributed by atoms with Crippen LogP contribution >= 0.6 is 11.3 Å². The van der Waals surface area contributed by atoms with Crippen LogP contribution in [0.25, 0.3) is 10.2 Å². The third-order valence-electron chi connectivity index (χ3n) is 4.36. The number of fused-ring (bicyclic) bond motifs is 1. The summed E-state index contributed by atoms with van der Waals surface area (Å²) in [7, 11) is -3.64. The Labute approximate surface area is 178 Å². The molecule has 3 rings (SSSR count). The number of ketones is 1. The summed E-state index contributed by atoms with van der Waals surface area (Å²) in [6, 6.07) is 16.1. The zero-order valence-corrected chi connectivity index (χ0v) is 17.8. The lowest BCUT2D eigenvalue weighted by molar-refractivity contribution is -0.128. The highest BCUT2D eigenvalue weighted by molar-refractivity contribution is 7.90. The summed E-state index contributed by atoms with van der Waals surface area (Å²) in [5.41, 5.74) is 1.37. The number of nitrogens with zero attached hydrogens (tertiary/aromatic N) is 1. The number of carbonyl (C=O) groups excluding carboxylic acids is 2. The smallest absolute Gasteiger partial charge is 0.249 e. The van der Waals surface area contributed by atoms with Crippen molar-refractivity contribution in [2.45, 2.75) is 24.7 Å². The van der Waals surface area contributed by atoms with Crippen LogP contribution in [-0.2, 0) is 20.4 Å². The van der Waals surface area contributed by atoms with Crippen LogP contribution in [0.3, 0.4) is 0 Å². The van der Waals surface area contributed by atoms with E-state index in [1.165, 1.54) is 11.3 Å². The lowest BCUT2D eigenvalue weighted by Crippen LogP contribution is -2.39. The lowest BCUT2D eigenvalue weighted by Gasteiger charge is -2.12. The monoisotopic (exact) mass is 446 g/mol. The van der Waals surface area contributed by atoms with Gasteiger partial charge in [-0.15, -0.1) is 11.3 Å². The molecule has 1 heterocycles. The number of carbonyl (C=O) groups is 2. The maximum atomic E-state index is 12.3. The van der Waals surface area contributed by atoms with E-state index in [0.717, 1.165) is 10.2 Å². The van der Waals surface area contributed by atoms with Crippen molar-refractivity contribution in [3.63, 3.8) is 0 Å². The first-order valence-corrected chi connectivity index (χ1v) is 12.1. The summed E-state index contributed by atoms with van der Waals surface area (Å²) >= 11 is 1.33. The van der Waals surface area contributed by atoms with Crippen LogP contribution < -0.4 is 5.32 Å². The first-order valence-electron chi connectivity index (χ1n) is 9.43. The number of nitrogens with one attached hydrogen (secondary N) is 1. The molecule has 30 heavy (non-hydrogen) atoms. The molecule has 9 heteroatoms. The molecule has 7 nitrogen and oxygen atoms in total. The Morgan fingerprint density at radius 3 is 2.50 bits per heavy atom. The molecule has 0 spiro atoms. The van der Waals surface area contributed by atoms with E-state index < -0.39 is 27.6 Å². The molecule has 1 amide bonds. The van der Waals surface area contributed by atoms with Gasteiger partial charge in [-0.2, -0.15) is 0 Å². The van der Waals surface area contributed by atoms with Gasteiger partial charge in [0.25, 0.3) is 0 Å². The Balaban J connectivity index is 1.41. The molecule has 0 radical (unpaired) electrons. The van der Waals surface area contributed by atoms with Crippen LogP contribution in [0.1, 0.15) is 28.2 Å². The van der Waals surface area contributed by atoms with Crippen LogP contribution in [0.15, 0.2) is 54.6 Å². The maximum Gasteiger partial charge on any atom is 0.249 e. The predicted molar refractivity (Wildman–Crippen MR) is 116 cm³/mol. The van der Waals surface area contributed by atoms with E-state index >= 15 is 0 Å². The van der Waals surface area contributed by atoms with Gasteiger partial charge >= 0.3 is 0 Å². The summed E-state index contributed by atoms with van der Waals surface area (Å²) in [5.74, 6) is -1.77. The summed E-state index contributed by atoms with van der Waals surface area (Å²) in [6.07, 6.45) is -1.09. The fraction of sp³-hybridized carbons (Fsp3) is 0.286. The van der Waals surface area contributed by atoms with Gasteiger partial charge in [0.05, 0.1) is 21.7 Å². The topological polar surface area (TPSA) is 113 Å². The van der Waals surface area contributed by atoms with Gasteiger partial charge < -0.3 is 10.4 Å². The van der Waals surface area contributed by atoms with Gasteiger partial charge in [0.15, 0.2) is 20.6 Å². The number of aliphatic hydroxyl groups is 1. The number of rotatable bonds is 10. The van der Waals surface area contributed by atoms with E-state index in [-0.39, 0.29) is 24.5 Å². The van der Waals surface area contributed by atoms with E-state index in [4.69, 9.17) is 0 Å². The minimum Gasteiger partial charge on any atom is -0.382 e. The second-order valence-electron chi connectivity index (χ2n) is 6.86. The molecule has 0 saturated carbocycles. The maximum absolute atomic E-state index is 12.3. The Kier molecular flexibility index (Phi) is 7.30. The van der Waals surface area contributed by atoms with Crippen molar-refractivity contribution in [1.29, 1.82) is 0 Å². The fourth-order valence-corrected chi connectivity index (χ4v) is 5.26. The lowest BCUT2D eigenvalue weighted by atomic mass is 10.2. The Morgan fingerprint density at radius 2 is 1.77 bits per heavy atom. The average molecular weight is 447 g/mol. The van der Waals surface area contributed by atoms with E-state index in [2.05, 4.69) is 10.3 Å². The highest BCUT2D eigenvalue weighted by Crippen LogP contribution is 2.22. The van der Waals surface area contributed by atoms with Gasteiger partial charge in [0.2, 0.25) is 5.91 Å². The minimum atomic E-state index is -3.64. The molecular weight excluding hydrogens is 424 g/mol. The molecule has 0 unspecified atom stereocenters. The third-order valence-corrected chi connectivity index (χ3v) is 7.03. The summed E-state index contributed by atoms with van der Waals surface area (Å²) in [5, 5.41) is 12.8. The largest absolute Gasteiger partial charge is 0.382 e. The summed E-state index contributed by atoms with van der Waals surface area (Å²) in [4.78, 5) is 28.5. The molecule has 1 atom stereocenters. The number of hydrogen-bond donors (Lipinski definition) is 2. The van der Waals surface area contributed by atoms with Crippen molar-refractivity contribution < 1.29 is 23.1 Å². The normalized spacial score (nSPS) is 12.6. The van der Waals surface area contributed by atoms with Crippen molar-refractivity contribution in [3.05, 3.63) is 65.2 Å². The van der Waals surface area contributed by atoms with Crippen molar-refractivity contribution in [1.82, 2.24) is 10.3 Å². The zero-order chi connectivity index (χ0) is 21.6. The first kappa shape index (κ1) is 22.1. The van der Waals surface area contributed by atoms with Crippen molar-refractivity contribution in [2.24, 2.45) is 0 Å². The van der Waals surface area contributed by atoms with Crippen molar-refractivity contribution in [3.8, 4) is 0 Å². The molecule has 158 valence electrons. The second kappa shape index (κ2) is 9.92. The molecular formula is C21H22N2O5S2. The number of hydrogen-bond acceptors (Lipinski definition) is 7. The van der Waals surface area contributed by atoms with Crippen molar-refractivity contribution >= 4 is 43.1 Å². The van der Waals surface area contributed by atoms with Gasteiger partial charge in [0, 0.05) is 13.0 Å². The number of para-hydroxylation sites is 1. The first-order chi connectivity index (χ1) is 14.3. The van der Waals surface area contributed by atoms with Gasteiger partial charge in [-0.3, -0.25) is 9.59 Å². The molecule has 0 aliphatic carbocycles. The molecule has 0 bridgehead atoms. The van der Waals surface area contributed by atoms with Gasteiger partial charge in [0.1, 0.15) is 6.10 Å². The summed E-state index contributed by atoms with van der Waals surface area (Å²) in [6.45, 7) is 0.158. The second-order valence-corrected chi connectivity index (χ2v) is 10.0. The fourth-order valence-electron chi connectivity index (χ4n) is 2.88. The van der Waals surface area contributed by atoms with E-state index in [0.29, 0.717) is 17.0 Å². The van der Waals surface area contributed by atoms with E-state index in [1.807, 2.05) is 24.3 Å². The number of Topliss-reactive ketones (excluding diaryl/α,β-unsaturated/α-hetero) is 1. The van der Waals surface area contributed by atoms with Crippen LogP contribution in [0, 0.1) is 0 Å². The number of aliphatic hydroxyl groups excluding tert-OH is 1. The van der Waals surface area contributed by atoms with Crippen molar-refractivity contribution in [2.75, 3.05) is 12.3 Å². The molecule has 1 aromatic heterocycles. The number of thiazole rings is 1.